The fourth-order valence-corrected chi connectivity index (χ4v) is 1.48. The van der Waals surface area contributed by atoms with Crippen LogP contribution in [0.15, 0.2) is 35.5 Å². The molecule has 0 fully saturated rings. The fourth-order valence-electron chi connectivity index (χ4n) is 1.48. The Morgan fingerprint density at radius 2 is 1.94 bits per heavy atom. The van der Waals surface area contributed by atoms with Crippen LogP contribution in [0.2, 0.25) is 0 Å². The van der Waals surface area contributed by atoms with Crippen molar-refractivity contribution in [3.05, 3.63) is 35.5 Å². The zero-order valence-electron chi connectivity index (χ0n) is 11.9. The molecule has 0 aromatic heterocycles. The van der Waals surface area contributed by atoms with Crippen molar-refractivity contribution in [2.75, 3.05) is 7.11 Å². The van der Waals surface area contributed by atoms with Gasteiger partial charge < -0.3 is 9.84 Å². The Morgan fingerprint density at radius 3 is 2.44 bits per heavy atom. The van der Waals surface area contributed by atoms with Gasteiger partial charge in [0, 0.05) is 12.0 Å². The molecule has 0 aliphatic heterocycles. The Bertz CT molecular complexity index is 351. The zero-order chi connectivity index (χ0) is 14.1. The number of hydrogen-bond donors (Lipinski definition) is 1. The van der Waals surface area contributed by atoms with Crippen molar-refractivity contribution in [3.63, 3.8) is 0 Å². The number of carbonyl (C=O) groups excluding carboxylic acids is 1. The summed E-state index contributed by atoms with van der Waals surface area (Å²) >= 11 is 0. The van der Waals surface area contributed by atoms with E-state index in [-0.39, 0.29) is 11.9 Å². The van der Waals surface area contributed by atoms with E-state index >= 15 is 0 Å². The summed E-state index contributed by atoms with van der Waals surface area (Å²) in [4.78, 5) is 10.9. The first-order valence-electron chi connectivity index (χ1n) is 6.15. The molecule has 0 spiro atoms. The molecular formula is C15H24O3. The second kappa shape index (κ2) is 8.70. The van der Waals surface area contributed by atoms with E-state index < -0.39 is 6.10 Å². The molecule has 102 valence electrons. The van der Waals surface area contributed by atoms with E-state index in [4.69, 9.17) is 0 Å². The summed E-state index contributed by atoms with van der Waals surface area (Å²) in [7, 11) is 1.35. The molecule has 3 heteroatoms. The molecule has 3 nitrogen and oxygen atoms in total. The first-order chi connectivity index (χ1) is 8.40. The topological polar surface area (TPSA) is 46.5 Å². The summed E-state index contributed by atoms with van der Waals surface area (Å²) in [6, 6.07) is 0. The number of allylic oxidation sites excluding steroid dienone is 3. The van der Waals surface area contributed by atoms with Crippen molar-refractivity contribution in [3.8, 4) is 0 Å². The Balaban J connectivity index is 4.47. The molecule has 0 unspecified atom stereocenters. The summed E-state index contributed by atoms with van der Waals surface area (Å²) in [5.74, 6) is -0.331. The van der Waals surface area contributed by atoms with Crippen molar-refractivity contribution in [2.24, 2.45) is 5.92 Å². The highest BCUT2D eigenvalue weighted by molar-refractivity contribution is 5.82. The SMILES string of the molecule is C/C=C(\C)C[C@@H](O)[C@H](C)/C=C(C)/C=C/C(=O)OC. The van der Waals surface area contributed by atoms with E-state index in [1.165, 1.54) is 18.8 Å². The molecule has 0 aromatic rings. The quantitative estimate of drug-likeness (QED) is 0.342. The summed E-state index contributed by atoms with van der Waals surface area (Å²) in [6.45, 7) is 7.82. The highest BCUT2D eigenvalue weighted by Crippen LogP contribution is 2.15. The molecule has 0 aliphatic rings. The Kier molecular flexibility index (Phi) is 8.05. The van der Waals surface area contributed by atoms with Gasteiger partial charge in [-0.1, -0.05) is 36.3 Å². The van der Waals surface area contributed by atoms with E-state index in [1.807, 2.05) is 39.8 Å². The summed E-state index contributed by atoms with van der Waals surface area (Å²) in [5, 5.41) is 9.99. The number of hydrogen-bond acceptors (Lipinski definition) is 3. The lowest BCUT2D eigenvalue weighted by atomic mass is 9.96. The molecule has 0 aliphatic carbocycles. The maximum Gasteiger partial charge on any atom is 0.330 e. The average molecular weight is 252 g/mol. The highest BCUT2D eigenvalue weighted by atomic mass is 16.5. The lowest BCUT2D eigenvalue weighted by Gasteiger charge is -2.16. The molecule has 0 saturated heterocycles. The van der Waals surface area contributed by atoms with Gasteiger partial charge in [-0.2, -0.15) is 0 Å². The second-order valence-electron chi connectivity index (χ2n) is 4.53. The maximum atomic E-state index is 10.9. The number of aliphatic hydroxyl groups is 1. The number of aliphatic hydroxyl groups excluding tert-OH is 1. The summed E-state index contributed by atoms with van der Waals surface area (Å²) in [5.41, 5.74) is 2.11. The van der Waals surface area contributed by atoms with Gasteiger partial charge in [0.05, 0.1) is 13.2 Å². The van der Waals surface area contributed by atoms with E-state index in [2.05, 4.69) is 4.74 Å². The number of ether oxygens (including phenoxy) is 1. The van der Waals surface area contributed by atoms with Gasteiger partial charge in [-0.3, -0.25) is 0 Å². The van der Waals surface area contributed by atoms with Crippen LogP contribution in [0, 0.1) is 5.92 Å². The number of esters is 1. The molecule has 0 saturated carbocycles. The lowest BCUT2D eigenvalue weighted by Crippen LogP contribution is -2.16. The second-order valence-corrected chi connectivity index (χ2v) is 4.53. The van der Waals surface area contributed by atoms with Crippen molar-refractivity contribution >= 4 is 5.97 Å². The van der Waals surface area contributed by atoms with Crippen molar-refractivity contribution < 1.29 is 14.6 Å². The van der Waals surface area contributed by atoms with Gasteiger partial charge in [-0.15, -0.1) is 0 Å². The molecule has 0 radical (unpaired) electrons. The third kappa shape index (κ3) is 7.07. The van der Waals surface area contributed by atoms with Crippen molar-refractivity contribution in [2.45, 2.75) is 40.2 Å². The molecule has 1 N–H and O–H groups in total. The first kappa shape index (κ1) is 16.6. The van der Waals surface area contributed by atoms with Gasteiger partial charge in [0.2, 0.25) is 0 Å². The minimum Gasteiger partial charge on any atom is -0.466 e. The van der Waals surface area contributed by atoms with Gasteiger partial charge in [0.15, 0.2) is 0 Å². The molecular weight excluding hydrogens is 228 g/mol. The third-order valence-electron chi connectivity index (χ3n) is 2.84. The predicted octanol–water partition coefficient (Wildman–Crippen LogP) is 3.02. The minimum atomic E-state index is -0.400. The van der Waals surface area contributed by atoms with Crippen LogP contribution < -0.4 is 0 Å². The normalized spacial score (nSPS) is 16.8. The van der Waals surface area contributed by atoms with Crippen LogP contribution in [0.25, 0.3) is 0 Å². The molecule has 0 amide bonds. The molecule has 0 aromatic carbocycles. The van der Waals surface area contributed by atoms with Crippen LogP contribution in [-0.4, -0.2) is 24.3 Å². The third-order valence-corrected chi connectivity index (χ3v) is 2.84. The van der Waals surface area contributed by atoms with Crippen molar-refractivity contribution in [1.82, 2.24) is 0 Å². The summed E-state index contributed by atoms with van der Waals surface area (Å²) < 4.78 is 4.51. The van der Waals surface area contributed by atoms with Crippen LogP contribution in [0.4, 0.5) is 0 Å². The van der Waals surface area contributed by atoms with Gasteiger partial charge in [0.1, 0.15) is 0 Å². The zero-order valence-corrected chi connectivity index (χ0v) is 11.9. The molecule has 0 heterocycles. The van der Waals surface area contributed by atoms with Crippen LogP contribution in [0.3, 0.4) is 0 Å². The van der Waals surface area contributed by atoms with Crippen LogP contribution in [0.1, 0.15) is 34.1 Å². The van der Waals surface area contributed by atoms with E-state index in [1.54, 1.807) is 6.08 Å². The van der Waals surface area contributed by atoms with Crippen molar-refractivity contribution in [1.29, 1.82) is 0 Å². The largest absolute Gasteiger partial charge is 0.466 e. The van der Waals surface area contributed by atoms with Gasteiger partial charge in [-0.25, -0.2) is 4.79 Å². The Hall–Kier alpha value is -1.35. The summed E-state index contributed by atoms with van der Waals surface area (Å²) in [6.07, 6.45) is 7.29. The molecule has 18 heavy (non-hydrogen) atoms. The van der Waals surface area contributed by atoms with E-state index in [0.29, 0.717) is 6.42 Å². The highest BCUT2D eigenvalue weighted by Gasteiger charge is 2.11. The molecule has 2 atom stereocenters. The first-order valence-corrected chi connectivity index (χ1v) is 6.15. The monoisotopic (exact) mass is 252 g/mol. The smallest absolute Gasteiger partial charge is 0.330 e. The molecule has 0 bridgehead atoms. The Labute approximate surface area is 110 Å². The van der Waals surface area contributed by atoms with Gasteiger partial charge >= 0.3 is 5.97 Å². The van der Waals surface area contributed by atoms with Gasteiger partial charge in [0.25, 0.3) is 0 Å². The molecule has 0 rings (SSSR count). The van der Waals surface area contributed by atoms with Crippen LogP contribution in [0.5, 0.6) is 0 Å². The van der Waals surface area contributed by atoms with Crippen LogP contribution >= 0.6 is 0 Å². The van der Waals surface area contributed by atoms with E-state index in [9.17, 15) is 9.90 Å². The number of carbonyl (C=O) groups is 1. The Morgan fingerprint density at radius 1 is 1.33 bits per heavy atom. The van der Waals surface area contributed by atoms with Gasteiger partial charge in [-0.05, 0) is 27.2 Å². The fraction of sp³-hybridized carbons (Fsp3) is 0.533. The lowest BCUT2D eigenvalue weighted by molar-refractivity contribution is -0.134. The maximum absolute atomic E-state index is 10.9. The minimum absolute atomic E-state index is 0.0437. The number of methoxy groups -OCH3 is 1. The van der Waals surface area contributed by atoms with E-state index in [0.717, 1.165) is 5.57 Å². The van der Waals surface area contributed by atoms with Crippen LogP contribution in [-0.2, 0) is 9.53 Å². The number of rotatable bonds is 6. The standard InChI is InChI=1S/C15H24O3/c1-6-11(2)10-14(16)13(4)9-12(3)7-8-15(17)18-5/h6-9,13-14,16H,10H2,1-5H3/b8-7+,11-6+,12-9+/t13-,14-/m1/s1. The predicted molar refractivity (Wildman–Crippen MR) is 74.1 cm³/mol. The average Bonchev–Trinajstić information content (AvgIpc) is 2.35.